The van der Waals surface area contributed by atoms with Crippen LogP contribution in [0.5, 0.6) is 0 Å². The molecule has 24 heteroatoms. The Hall–Kier alpha value is -8.45. The number of para-hydroxylation sites is 1. The van der Waals surface area contributed by atoms with E-state index in [0.29, 0.717) is 70.2 Å². The maximum atomic E-state index is 14.9. The Morgan fingerprint density at radius 3 is 1.80 bits per heavy atom. The molecular weight excluding hydrogens is 1230 g/mol. The number of aryl methyl sites for hydroxylation is 1. The fourth-order valence-corrected chi connectivity index (χ4v) is 12.1. The Bertz CT molecular complexity index is 3250. The van der Waals surface area contributed by atoms with E-state index >= 15 is 0 Å². The van der Waals surface area contributed by atoms with Gasteiger partial charge in [0.15, 0.2) is 23.3 Å². The average molecular weight is 1340 g/mol. The first-order valence-electron chi connectivity index (χ1n) is 34.7. The van der Waals surface area contributed by atoms with Crippen LogP contribution in [-0.4, -0.2) is 205 Å². The number of nitrogens with one attached hydrogen (secondary N) is 6. The van der Waals surface area contributed by atoms with Gasteiger partial charge in [-0.3, -0.25) is 53.0 Å². The zero-order valence-electron chi connectivity index (χ0n) is 57.4. The normalized spacial score (nSPS) is 15.3. The van der Waals surface area contributed by atoms with Crippen LogP contribution in [0.15, 0.2) is 109 Å². The zero-order valence-corrected chi connectivity index (χ0v) is 57.4. The summed E-state index contributed by atoms with van der Waals surface area (Å²) in [6, 6.07) is 24.3. The predicted molar refractivity (Wildman–Crippen MR) is 378 cm³/mol. The van der Waals surface area contributed by atoms with Crippen LogP contribution in [0.1, 0.15) is 125 Å². The third-order valence-electron chi connectivity index (χ3n) is 18.1. The highest BCUT2D eigenvalue weighted by atomic mass is 16.2. The standard InChI is InChI=1S/C73H107N15O9/c1-85-34-36-86(2)38-40-88(41-39-87(3)37-35-85)51-60(89)26-12-4-5-13-30-68(93)78-32-17-16-25-55(70(74)95)44-61(90)50-81-71(96)57(43-58-48-80-63-28-15-14-27-62(58)63)46-66(91)64(29-19-33-79-73(75)76)84-72(97)56(42-54-22-10-7-11-23-54)45-67(92)65(47-59-49-77-52-82-59)83-69(94)31-18-24-53-20-8-6-9-21-53/h6-11,14-15,20-23,27-28,48-49,52,55-57,64-65,80H,4-5,12-13,16-19,24-26,29-47,50-51H2,1-3H3,(H2,74,95)(H,77,82)(H,78,93)(H,81,96)(H,83,94)(H,84,97)(H4,75,76,79)/t55-,56+,57-,64+,65+/m1/s1. The molecule has 5 amide bonds. The molecule has 0 spiro atoms. The van der Waals surface area contributed by atoms with Crippen molar-refractivity contribution in [1.29, 1.82) is 0 Å². The monoisotopic (exact) mass is 1340 g/mol. The van der Waals surface area contributed by atoms with Gasteiger partial charge in [0.1, 0.15) is 5.78 Å². The minimum absolute atomic E-state index is 0.0659. The van der Waals surface area contributed by atoms with E-state index in [1.807, 2.05) is 84.9 Å². The van der Waals surface area contributed by atoms with Gasteiger partial charge in [-0.2, -0.15) is 0 Å². The number of nitrogens with zero attached hydrogens (tertiary/aromatic N) is 6. The highest BCUT2D eigenvalue weighted by Gasteiger charge is 2.34. The Labute approximate surface area is 572 Å². The summed E-state index contributed by atoms with van der Waals surface area (Å²) in [5, 5.41) is 12.4. The number of fused-ring (bicyclic) bond motifs is 1. The number of nitrogens with two attached hydrogens (primary N) is 3. The molecule has 3 aromatic carbocycles. The molecule has 528 valence electrons. The highest BCUT2D eigenvalue weighted by Crippen LogP contribution is 2.25. The topological polar surface area (TPSA) is 350 Å². The number of amides is 5. The van der Waals surface area contributed by atoms with Crippen LogP contribution >= 0.6 is 0 Å². The first-order valence-corrected chi connectivity index (χ1v) is 34.7. The number of benzene rings is 3. The number of ketones is 4. The molecular formula is C73H107N15O9. The molecule has 0 radical (unpaired) electrons. The number of rotatable bonds is 43. The largest absolute Gasteiger partial charge is 0.370 e. The molecule has 6 rings (SSSR count). The van der Waals surface area contributed by atoms with E-state index in [0.717, 1.165) is 99.2 Å². The number of hydrogen-bond donors (Lipinski definition) is 9. The van der Waals surface area contributed by atoms with Gasteiger partial charge < -0.3 is 63.1 Å². The van der Waals surface area contributed by atoms with E-state index in [4.69, 9.17) is 17.2 Å². The first kappa shape index (κ1) is 77.6. The van der Waals surface area contributed by atoms with Crippen molar-refractivity contribution in [3.63, 3.8) is 0 Å². The molecule has 1 aliphatic heterocycles. The summed E-state index contributed by atoms with van der Waals surface area (Å²) < 4.78 is 0. The summed E-state index contributed by atoms with van der Waals surface area (Å²) in [4.78, 5) is 148. The second-order valence-electron chi connectivity index (χ2n) is 26.3. The number of hydrogen-bond acceptors (Lipinski definition) is 15. The van der Waals surface area contributed by atoms with Crippen molar-refractivity contribution in [2.75, 3.05) is 99.7 Å². The van der Waals surface area contributed by atoms with Crippen molar-refractivity contribution in [2.24, 2.45) is 39.9 Å². The highest BCUT2D eigenvalue weighted by molar-refractivity contribution is 5.97. The summed E-state index contributed by atoms with van der Waals surface area (Å²) in [7, 11) is 6.44. The van der Waals surface area contributed by atoms with Crippen molar-refractivity contribution >= 4 is 69.5 Å². The van der Waals surface area contributed by atoms with E-state index in [1.54, 1.807) is 12.4 Å². The number of aromatic amines is 2. The third-order valence-corrected chi connectivity index (χ3v) is 18.1. The number of likely N-dealkylation sites (N-methyl/N-ethyl adjacent to an activating group) is 3. The Balaban J connectivity index is 1.01. The number of H-pyrrole nitrogens is 2. The SMILES string of the molecule is CN1CCN(C)CCN(CC(=O)CCCCCCC(=O)NCCCC[C@H](CC(=O)CNC(=O)[C@@H](CC(=O)[C@H](CCCN=C(N)N)NC(=O)[C@H](CC(=O)[C@H](Cc2cnc[nH]2)NC(=O)CCCc2ccccc2)Cc2ccccc2)Cc2c[nH]c3ccccc23)C(N)=O)CCN(C)CC1. The van der Waals surface area contributed by atoms with Gasteiger partial charge in [0.05, 0.1) is 31.5 Å². The zero-order chi connectivity index (χ0) is 69.7. The van der Waals surface area contributed by atoms with Crippen LogP contribution in [-0.2, 0) is 68.8 Å². The van der Waals surface area contributed by atoms with Crippen LogP contribution in [0.2, 0.25) is 0 Å². The van der Waals surface area contributed by atoms with Crippen LogP contribution in [0.3, 0.4) is 0 Å². The molecule has 97 heavy (non-hydrogen) atoms. The molecule has 0 bridgehead atoms. The number of aliphatic imine (C=N–C) groups is 1. The quantitative estimate of drug-likeness (QED) is 0.0146. The molecule has 0 unspecified atom stereocenters. The van der Waals surface area contributed by atoms with Gasteiger partial charge in [0.25, 0.3) is 0 Å². The van der Waals surface area contributed by atoms with E-state index in [-0.39, 0.29) is 87.9 Å². The summed E-state index contributed by atoms with van der Waals surface area (Å²) in [6.45, 7) is 8.11. The van der Waals surface area contributed by atoms with Gasteiger partial charge in [0.2, 0.25) is 29.5 Å². The van der Waals surface area contributed by atoms with Crippen molar-refractivity contribution in [3.05, 3.63) is 126 Å². The maximum Gasteiger partial charge on any atom is 0.224 e. The number of imidazole rings is 1. The molecule has 5 aromatic rings. The fraction of sp³-hybridized carbons (Fsp3) is 0.548. The number of Topliss-reactive ketones (excluding diaryl/α,β-unsaturated/α-hetero) is 4. The van der Waals surface area contributed by atoms with Crippen molar-refractivity contribution in [3.8, 4) is 0 Å². The second-order valence-corrected chi connectivity index (χ2v) is 26.3. The lowest BCUT2D eigenvalue weighted by molar-refractivity contribution is -0.135. The van der Waals surface area contributed by atoms with Crippen LogP contribution in [0.25, 0.3) is 10.9 Å². The van der Waals surface area contributed by atoms with Crippen LogP contribution in [0.4, 0.5) is 0 Å². The number of primary amides is 1. The Morgan fingerprint density at radius 1 is 0.546 bits per heavy atom. The number of aromatic nitrogens is 3. The molecule has 1 saturated heterocycles. The van der Waals surface area contributed by atoms with Gasteiger partial charge in [-0.15, -0.1) is 0 Å². The number of guanidine groups is 1. The first-order chi connectivity index (χ1) is 46.8. The molecule has 24 nitrogen and oxygen atoms in total. The van der Waals surface area contributed by atoms with Gasteiger partial charge in [0, 0.05) is 157 Å². The van der Waals surface area contributed by atoms with Gasteiger partial charge >= 0.3 is 0 Å². The minimum atomic E-state index is -1.17. The molecule has 1 aliphatic rings. The van der Waals surface area contributed by atoms with Crippen molar-refractivity contribution in [2.45, 2.75) is 141 Å². The molecule has 12 N–H and O–H groups in total. The second kappa shape index (κ2) is 43.0. The molecule has 2 aromatic heterocycles. The molecule has 0 aliphatic carbocycles. The van der Waals surface area contributed by atoms with Crippen LogP contribution in [0, 0.1) is 17.8 Å². The fourth-order valence-electron chi connectivity index (χ4n) is 12.1. The summed E-state index contributed by atoms with van der Waals surface area (Å²) in [6.07, 6.45) is 11.4. The van der Waals surface area contributed by atoms with E-state index in [2.05, 4.69) is 82.0 Å². The lowest BCUT2D eigenvalue weighted by atomic mass is 9.88. The van der Waals surface area contributed by atoms with E-state index in [9.17, 15) is 43.2 Å². The summed E-state index contributed by atoms with van der Waals surface area (Å²) >= 11 is 0. The molecule has 5 atom stereocenters. The lowest BCUT2D eigenvalue weighted by Crippen LogP contribution is -2.48. The molecule has 0 saturated carbocycles. The van der Waals surface area contributed by atoms with Crippen molar-refractivity contribution < 1.29 is 43.2 Å². The number of carbonyl (C=O) groups is 9. The predicted octanol–water partition coefficient (Wildman–Crippen LogP) is 4.60. The number of unbranched alkanes of at least 4 members (excludes halogenated alkanes) is 4. The van der Waals surface area contributed by atoms with Crippen molar-refractivity contribution in [1.82, 2.24) is 55.8 Å². The van der Waals surface area contributed by atoms with Gasteiger partial charge in [-0.25, -0.2) is 4.98 Å². The van der Waals surface area contributed by atoms with E-state index in [1.165, 1.54) is 6.33 Å². The van der Waals surface area contributed by atoms with Gasteiger partial charge in [-0.05, 0) is 108 Å². The van der Waals surface area contributed by atoms with Crippen LogP contribution < -0.4 is 38.5 Å². The lowest BCUT2D eigenvalue weighted by Gasteiger charge is -2.30. The summed E-state index contributed by atoms with van der Waals surface area (Å²) in [5.41, 5.74) is 21.1. The molecule has 1 fully saturated rings. The maximum absolute atomic E-state index is 14.9. The van der Waals surface area contributed by atoms with E-state index < -0.39 is 71.5 Å². The Morgan fingerprint density at radius 2 is 1.15 bits per heavy atom. The smallest absolute Gasteiger partial charge is 0.224 e. The third kappa shape index (κ3) is 30.2. The minimum Gasteiger partial charge on any atom is -0.370 e. The van der Waals surface area contributed by atoms with Gasteiger partial charge in [-0.1, -0.05) is 98.1 Å². The molecule has 3 heterocycles. The average Bonchev–Trinajstić information content (AvgIpc) is 1.70. The summed E-state index contributed by atoms with van der Waals surface area (Å²) in [5.74, 6) is -6.34. The Kier molecular flexibility index (Phi) is 34.4. The number of carbonyl (C=O) groups excluding carboxylic acids is 9.